The second-order valence-electron chi connectivity index (χ2n) is 6.17. The van der Waals surface area contributed by atoms with Crippen LogP contribution in [0, 0.1) is 18.6 Å². The first-order valence-corrected chi connectivity index (χ1v) is 9.28. The summed E-state index contributed by atoms with van der Waals surface area (Å²) in [6.45, 7) is 1.29. The number of aromatic nitrogens is 2. The maximum Gasteiger partial charge on any atom is 0.338 e. The molecule has 4 N–H and O–H groups in total. The van der Waals surface area contributed by atoms with Gasteiger partial charge in [0, 0.05) is 11.6 Å². The van der Waals surface area contributed by atoms with Crippen molar-refractivity contribution in [3.8, 4) is 0 Å². The summed E-state index contributed by atoms with van der Waals surface area (Å²) in [7, 11) is 1.35. The van der Waals surface area contributed by atoms with Crippen molar-refractivity contribution in [2.45, 2.75) is 13.5 Å². The van der Waals surface area contributed by atoms with Gasteiger partial charge in [-0.25, -0.2) is 18.1 Å². The minimum atomic E-state index is -0.829. The summed E-state index contributed by atoms with van der Waals surface area (Å²) in [5.74, 6) is -1.79. The molecule has 0 saturated carbocycles. The van der Waals surface area contributed by atoms with Crippen LogP contribution in [0.2, 0.25) is 0 Å². The number of fused-ring (bicyclic) bond motifs is 1. The lowest BCUT2D eigenvalue weighted by molar-refractivity contribution is 0.287. The molecule has 0 fully saturated rings. The Bertz CT molecular complexity index is 1250. The molecule has 2 aromatic heterocycles. The fraction of sp³-hybridized carbons (Fsp3) is 0.158. The van der Waals surface area contributed by atoms with E-state index in [0.717, 1.165) is 32.6 Å². The number of methoxy groups -OCH3 is 1. The third-order valence-corrected chi connectivity index (χ3v) is 5.45. The predicted octanol–water partition coefficient (Wildman–Crippen LogP) is 2.06. The number of hydrogen-bond donors (Lipinski definition) is 2. The average molecular weight is 420 g/mol. The first-order chi connectivity index (χ1) is 13.8. The molecular weight excluding hydrogens is 402 g/mol. The number of rotatable bonds is 5. The fourth-order valence-corrected chi connectivity index (χ4v) is 3.86. The second kappa shape index (κ2) is 7.92. The molecule has 7 nitrogen and oxygen atoms in total. The molecule has 1 aromatic carbocycles. The van der Waals surface area contributed by atoms with Gasteiger partial charge in [0.1, 0.15) is 22.3 Å². The number of allylic oxidation sites excluding steroid dienone is 2. The largest absolute Gasteiger partial charge is 0.483 e. The Morgan fingerprint density at radius 1 is 1.21 bits per heavy atom. The highest BCUT2D eigenvalue weighted by atomic mass is 32.1. The molecule has 0 unspecified atom stereocenters. The van der Waals surface area contributed by atoms with Gasteiger partial charge in [0.15, 0.2) is 5.88 Å². The molecule has 0 radical (unpaired) electrons. The van der Waals surface area contributed by atoms with Crippen LogP contribution in [-0.2, 0) is 11.3 Å². The lowest BCUT2D eigenvalue weighted by Gasteiger charge is -2.13. The molecule has 3 rings (SSSR count). The van der Waals surface area contributed by atoms with Crippen LogP contribution in [0.1, 0.15) is 11.1 Å². The molecule has 3 aromatic rings. The van der Waals surface area contributed by atoms with E-state index in [1.807, 2.05) is 0 Å². The lowest BCUT2D eigenvalue weighted by atomic mass is 10.2. The lowest BCUT2D eigenvalue weighted by Crippen LogP contribution is -2.41. The molecule has 0 spiro atoms. The quantitative estimate of drug-likeness (QED) is 0.486. The molecule has 0 aliphatic rings. The van der Waals surface area contributed by atoms with Crippen LogP contribution in [-0.4, -0.2) is 16.2 Å². The van der Waals surface area contributed by atoms with Crippen LogP contribution >= 0.6 is 11.3 Å². The number of nitrogens with zero attached hydrogens (tertiary/aromatic N) is 2. The summed E-state index contributed by atoms with van der Waals surface area (Å²) in [5.41, 5.74) is 10.3. The van der Waals surface area contributed by atoms with Crippen LogP contribution in [0.5, 0.6) is 0 Å². The third-order valence-electron chi connectivity index (χ3n) is 4.33. The van der Waals surface area contributed by atoms with Crippen LogP contribution in [0.3, 0.4) is 0 Å². The van der Waals surface area contributed by atoms with Gasteiger partial charge in [-0.3, -0.25) is 9.36 Å². The molecule has 0 amide bonds. The van der Waals surface area contributed by atoms with E-state index >= 15 is 0 Å². The van der Waals surface area contributed by atoms with Gasteiger partial charge in [-0.1, -0.05) is 6.07 Å². The third kappa shape index (κ3) is 3.66. The summed E-state index contributed by atoms with van der Waals surface area (Å²) < 4.78 is 35.0. The van der Waals surface area contributed by atoms with Gasteiger partial charge in [-0.15, -0.1) is 11.3 Å². The number of aryl methyl sites for hydroxylation is 1. The predicted molar refractivity (Wildman–Crippen MR) is 108 cm³/mol. The van der Waals surface area contributed by atoms with Crippen LogP contribution in [0.25, 0.3) is 16.0 Å². The van der Waals surface area contributed by atoms with E-state index in [2.05, 4.69) is 0 Å². The van der Waals surface area contributed by atoms with E-state index in [4.69, 9.17) is 16.2 Å². The average Bonchev–Trinajstić information content (AvgIpc) is 3.07. The Balaban J connectivity index is 2.31. The standard InChI is InChI=1S/C19H18F2N4O3S/c1-10-9-29-18-16(10)17(26)25(14(22)6-7-15(23)28-2)19(27)24(18)8-11-12(20)4-3-5-13(11)21/h3-7,9H,8,22-23H2,1-2H3/b14-6+,15-7+. The summed E-state index contributed by atoms with van der Waals surface area (Å²) in [4.78, 5) is 26.3. The molecule has 0 aliphatic heterocycles. The SMILES string of the molecule is CO/C(N)=C/C=C(\N)n1c(=O)c2c(C)csc2n(Cc2c(F)cccc2F)c1=O. The normalized spacial score (nSPS) is 12.6. The Kier molecular flexibility index (Phi) is 5.55. The number of ether oxygens (including phenoxy) is 1. The zero-order valence-electron chi connectivity index (χ0n) is 15.6. The van der Waals surface area contributed by atoms with Gasteiger partial charge in [-0.05, 0) is 36.1 Å². The smallest absolute Gasteiger partial charge is 0.338 e. The molecule has 0 aliphatic carbocycles. The zero-order valence-corrected chi connectivity index (χ0v) is 16.4. The maximum absolute atomic E-state index is 14.2. The Morgan fingerprint density at radius 2 is 1.86 bits per heavy atom. The van der Waals surface area contributed by atoms with Gasteiger partial charge in [0.05, 0.1) is 19.0 Å². The molecule has 0 atom stereocenters. The minimum absolute atomic E-state index is 0.0162. The van der Waals surface area contributed by atoms with Gasteiger partial charge >= 0.3 is 5.69 Å². The summed E-state index contributed by atoms with van der Waals surface area (Å²) in [6, 6.07) is 3.43. The van der Waals surface area contributed by atoms with Crippen molar-refractivity contribution < 1.29 is 13.5 Å². The highest BCUT2D eigenvalue weighted by Gasteiger charge is 2.20. The van der Waals surface area contributed by atoms with Crippen molar-refractivity contribution in [1.29, 1.82) is 0 Å². The van der Waals surface area contributed by atoms with Crippen molar-refractivity contribution >= 4 is 27.4 Å². The van der Waals surface area contributed by atoms with E-state index in [-0.39, 0.29) is 22.7 Å². The van der Waals surface area contributed by atoms with Crippen molar-refractivity contribution in [1.82, 2.24) is 9.13 Å². The highest BCUT2D eigenvalue weighted by molar-refractivity contribution is 7.17. The molecule has 10 heteroatoms. The maximum atomic E-state index is 14.2. The van der Waals surface area contributed by atoms with Crippen LogP contribution in [0.15, 0.2) is 51.2 Å². The fourth-order valence-electron chi connectivity index (χ4n) is 2.81. The molecule has 0 saturated heterocycles. The number of benzene rings is 1. The second-order valence-corrected chi connectivity index (χ2v) is 7.03. The molecule has 2 heterocycles. The molecule has 0 bridgehead atoms. The van der Waals surface area contributed by atoms with Crippen molar-refractivity contribution in [3.05, 3.63) is 85.2 Å². The zero-order chi connectivity index (χ0) is 21.3. The number of halogens is 2. The Labute approximate surface area is 167 Å². The van der Waals surface area contributed by atoms with Crippen LogP contribution < -0.4 is 22.7 Å². The van der Waals surface area contributed by atoms with Gasteiger partial charge < -0.3 is 16.2 Å². The Hall–Kier alpha value is -3.40. The van der Waals surface area contributed by atoms with E-state index in [0.29, 0.717) is 10.4 Å². The van der Waals surface area contributed by atoms with Crippen molar-refractivity contribution in [3.63, 3.8) is 0 Å². The summed E-state index contributed by atoms with van der Waals surface area (Å²) in [5, 5.41) is 1.93. The van der Waals surface area contributed by atoms with Crippen molar-refractivity contribution in [2.24, 2.45) is 11.5 Å². The Morgan fingerprint density at radius 3 is 2.48 bits per heavy atom. The van der Waals surface area contributed by atoms with Gasteiger partial charge in [0.25, 0.3) is 5.56 Å². The van der Waals surface area contributed by atoms with E-state index < -0.39 is 29.4 Å². The topological polar surface area (TPSA) is 105 Å². The van der Waals surface area contributed by atoms with E-state index in [1.54, 1.807) is 12.3 Å². The summed E-state index contributed by atoms with van der Waals surface area (Å²) >= 11 is 1.13. The summed E-state index contributed by atoms with van der Waals surface area (Å²) in [6.07, 6.45) is 2.52. The first kappa shape index (κ1) is 20.3. The van der Waals surface area contributed by atoms with Crippen LogP contribution in [0.4, 0.5) is 8.78 Å². The molecule has 29 heavy (non-hydrogen) atoms. The molecular formula is C19H18F2N4O3S. The first-order valence-electron chi connectivity index (χ1n) is 8.40. The number of nitrogens with two attached hydrogens (primary N) is 2. The monoisotopic (exact) mass is 420 g/mol. The van der Waals surface area contributed by atoms with Gasteiger partial charge in [0.2, 0.25) is 0 Å². The highest BCUT2D eigenvalue weighted by Crippen LogP contribution is 2.23. The van der Waals surface area contributed by atoms with E-state index in [1.165, 1.54) is 25.3 Å². The number of thiophene rings is 1. The van der Waals surface area contributed by atoms with Crippen molar-refractivity contribution in [2.75, 3.05) is 7.11 Å². The van der Waals surface area contributed by atoms with E-state index in [9.17, 15) is 18.4 Å². The minimum Gasteiger partial charge on any atom is -0.483 e. The van der Waals surface area contributed by atoms with Gasteiger partial charge in [-0.2, -0.15) is 0 Å². The molecule has 152 valence electrons. The number of hydrogen-bond acceptors (Lipinski definition) is 6.